The van der Waals surface area contributed by atoms with Crippen LogP contribution in [0.25, 0.3) is 22.3 Å². The Balaban J connectivity index is 1.84. The fourth-order valence-electron chi connectivity index (χ4n) is 2.02. The molecule has 0 unspecified atom stereocenters. The summed E-state index contributed by atoms with van der Waals surface area (Å²) in [5, 5.41) is 5.58. The minimum absolute atomic E-state index is 0.363. The molecule has 0 spiro atoms. The van der Waals surface area contributed by atoms with Crippen molar-refractivity contribution in [3.63, 3.8) is 0 Å². The summed E-state index contributed by atoms with van der Waals surface area (Å²) in [6.45, 7) is 0. The lowest BCUT2D eigenvalue weighted by molar-refractivity contribution is -0.113. The number of carbonyl (C=O) groups excluding carboxylic acids is 1. The van der Waals surface area contributed by atoms with Crippen molar-refractivity contribution in [3.8, 4) is 11.3 Å². The number of pyridine rings is 1. The number of fused-ring (bicyclic) bond motifs is 1. The van der Waals surface area contributed by atoms with Crippen molar-refractivity contribution >= 4 is 43.2 Å². The maximum absolute atomic E-state index is 11.6. The van der Waals surface area contributed by atoms with Crippen LogP contribution in [-0.4, -0.2) is 41.3 Å². The molecule has 0 fully saturated rings. The predicted octanol–water partition coefficient (Wildman–Crippen LogP) is 1.67. The summed E-state index contributed by atoms with van der Waals surface area (Å²) in [5.41, 5.74) is 2.33. The normalized spacial score (nSPS) is 11.7. The minimum atomic E-state index is -3.36. The molecule has 114 valence electrons. The van der Waals surface area contributed by atoms with E-state index in [2.05, 4.69) is 20.3 Å². The van der Waals surface area contributed by atoms with Crippen LogP contribution in [0.4, 0.5) is 5.13 Å². The Kier molecular flexibility index (Phi) is 3.67. The van der Waals surface area contributed by atoms with Gasteiger partial charge in [0, 0.05) is 35.0 Å². The van der Waals surface area contributed by atoms with Crippen LogP contribution in [0.3, 0.4) is 0 Å². The fourth-order valence-corrected chi connectivity index (χ4v) is 3.29. The Morgan fingerprint density at radius 2 is 2.27 bits per heavy atom. The Morgan fingerprint density at radius 3 is 3.05 bits per heavy atom. The highest BCUT2D eigenvalue weighted by Crippen LogP contribution is 2.30. The molecule has 0 radical (unpaired) electrons. The zero-order valence-electron chi connectivity index (χ0n) is 11.5. The number of hydrogen-bond donors (Lipinski definition) is 2. The van der Waals surface area contributed by atoms with E-state index in [-0.39, 0.29) is 0 Å². The molecule has 3 rings (SSSR count). The van der Waals surface area contributed by atoms with Crippen LogP contribution in [-0.2, 0) is 14.6 Å². The van der Waals surface area contributed by atoms with E-state index in [1.807, 2.05) is 12.1 Å². The third-order valence-corrected chi connectivity index (χ3v) is 4.42. The van der Waals surface area contributed by atoms with Gasteiger partial charge in [-0.1, -0.05) is 0 Å². The number of nitrogens with one attached hydrogen (secondary N) is 2. The van der Waals surface area contributed by atoms with E-state index in [1.54, 1.807) is 17.8 Å². The zero-order chi connectivity index (χ0) is 15.7. The van der Waals surface area contributed by atoms with Crippen LogP contribution in [0.5, 0.6) is 0 Å². The summed E-state index contributed by atoms with van der Waals surface area (Å²) in [4.78, 5) is 23.2. The van der Waals surface area contributed by atoms with Crippen molar-refractivity contribution in [3.05, 3.63) is 29.9 Å². The van der Waals surface area contributed by atoms with E-state index >= 15 is 0 Å². The standard InChI is InChI=1S/C13H12N4O3S2/c1-22(19,20)7-11(18)17-13-16-10(6-21-13)9-5-15-12-8(9)3-2-4-14-12/h2-6H,7H2,1H3,(H,14,15)(H,16,17,18). The largest absolute Gasteiger partial charge is 0.345 e. The summed E-state index contributed by atoms with van der Waals surface area (Å²) in [6, 6.07) is 3.76. The number of rotatable bonds is 4. The lowest BCUT2D eigenvalue weighted by Gasteiger charge is -1.99. The highest BCUT2D eigenvalue weighted by molar-refractivity contribution is 7.91. The van der Waals surface area contributed by atoms with E-state index in [9.17, 15) is 13.2 Å². The van der Waals surface area contributed by atoms with Crippen molar-refractivity contribution in [2.75, 3.05) is 17.3 Å². The van der Waals surface area contributed by atoms with Gasteiger partial charge in [0.25, 0.3) is 0 Å². The van der Waals surface area contributed by atoms with Crippen LogP contribution in [0.15, 0.2) is 29.9 Å². The maximum atomic E-state index is 11.6. The molecule has 0 saturated heterocycles. The van der Waals surface area contributed by atoms with Crippen molar-refractivity contribution in [2.24, 2.45) is 0 Å². The third-order valence-electron chi connectivity index (χ3n) is 2.87. The number of H-pyrrole nitrogens is 1. The number of nitrogens with zero attached hydrogens (tertiary/aromatic N) is 2. The van der Waals surface area contributed by atoms with Crippen molar-refractivity contribution < 1.29 is 13.2 Å². The van der Waals surface area contributed by atoms with Crippen molar-refractivity contribution in [1.82, 2.24) is 15.0 Å². The average Bonchev–Trinajstić information content (AvgIpc) is 3.02. The van der Waals surface area contributed by atoms with Gasteiger partial charge in [-0.2, -0.15) is 0 Å². The molecule has 22 heavy (non-hydrogen) atoms. The first-order valence-corrected chi connectivity index (χ1v) is 9.22. The summed E-state index contributed by atoms with van der Waals surface area (Å²) >= 11 is 1.24. The molecule has 3 heterocycles. The average molecular weight is 336 g/mol. The molecule has 9 heteroatoms. The number of sulfone groups is 1. The summed E-state index contributed by atoms with van der Waals surface area (Å²) in [7, 11) is -3.36. The second-order valence-electron chi connectivity index (χ2n) is 4.76. The second-order valence-corrected chi connectivity index (χ2v) is 7.76. The van der Waals surface area contributed by atoms with Gasteiger partial charge in [0.2, 0.25) is 5.91 Å². The molecule has 2 N–H and O–H groups in total. The first kappa shape index (κ1) is 14.7. The quantitative estimate of drug-likeness (QED) is 0.754. The van der Waals surface area contributed by atoms with Crippen molar-refractivity contribution in [2.45, 2.75) is 0 Å². The predicted molar refractivity (Wildman–Crippen MR) is 85.5 cm³/mol. The molecular formula is C13H12N4O3S2. The van der Waals surface area contributed by atoms with Gasteiger partial charge in [-0.3, -0.25) is 4.79 Å². The highest BCUT2D eigenvalue weighted by Gasteiger charge is 2.14. The van der Waals surface area contributed by atoms with Gasteiger partial charge < -0.3 is 10.3 Å². The van der Waals surface area contributed by atoms with Crippen LogP contribution in [0.2, 0.25) is 0 Å². The molecule has 3 aromatic heterocycles. The Bertz CT molecular complexity index is 943. The van der Waals surface area contributed by atoms with E-state index in [0.717, 1.165) is 22.9 Å². The molecule has 0 bridgehead atoms. The minimum Gasteiger partial charge on any atom is -0.345 e. The summed E-state index contributed by atoms with van der Waals surface area (Å²) < 4.78 is 22.2. The molecule has 0 aliphatic heterocycles. The van der Waals surface area contributed by atoms with Crippen LogP contribution in [0.1, 0.15) is 0 Å². The van der Waals surface area contributed by atoms with E-state index < -0.39 is 21.5 Å². The third kappa shape index (κ3) is 3.15. The number of thiazole rings is 1. The molecular weight excluding hydrogens is 324 g/mol. The van der Waals surface area contributed by atoms with Gasteiger partial charge in [0.1, 0.15) is 11.4 Å². The zero-order valence-corrected chi connectivity index (χ0v) is 13.2. The molecule has 0 aromatic carbocycles. The lowest BCUT2D eigenvalue weighted by atomic mass is 10.2. The van der Waals surface area contributed by atoms with E-state index in [0.29, 0.717) is 10.8 Å². The van der Waals surface area contributed by atoms with Crippen LogP contribution >= 0.6 is 11.3 Å². The number of hydrogen-bond acceptors (Lipinski definition) is 6. The van der Waals surface area contributed by atoms with Gasteiger partial charge >= 0.3 is 0 Å². The lowest BCUT2D eigenvalue weighted by Crippen LogP contribution is -2.21. The van der Waals surface area contributed by atoms with Gasteiger partial charge in [0.15, 0.2) is 15.0 Å². The maximum Gasteiger partial charge on any atom is 0.241 e. The number of amides is 1. The topological polar surface area (TPSA) is 105 Å². The molecule has 0 aliphatic rings. The van der Waals surface area contributed by atoms with Crippen molar-refractivity contribution in [1.29, 1.82) is 0 Å². The van der Waals surface area contributed by atoms with E-state index in [1.165, 1.54) is 11.3 Å². The summed E-state index contributed by atoms with van der Waals surface area (Å²) in [5.74, 6) is -1.15. The fraction of sp³-hybridized carbons (Fsp3) is 0.154. The molecule has 3 aromatic rings. The second kappa shape index (κ2) is 5.50. The number of aromatic amines is 1. The van der Waals surface area contributed by atoms with E-state index in [4.69, 9.17) is 0 Å². The Morgan fingerprint density at radius 1 is 1.45 bits per heavy atom. The molecule has 7 nitrogen and oxygen atoms in total. The van der Waals surface area contributed by atoms with Gasteiger partial charge in [-0.25, -0.2) is 18.4 Å². The number of carbonyl (C=O) groups is 1. The van der Waals surface area contributed by atoms with Gasteiger partial charge in [0.05, 0.1) is 5.69 Å². The number of anilines is 1. The first-order chi connectivity index (χ1) is 10.4. The Hall–Kier alpha value is -2.26. The SMILES string of the molecule is CS(=O)(=O)CC(=O)Nc1nc(-c2c[nH]c3ncccc23)cs1. The molecule has 1 amide bonds. The van der Waals surface area contributed by atoms with Crippen LogP contribution in [0, 0.1) is 0 Å². The van der Waals surface area contributed by atoms with Gasteiger partial charge in [-0.15, -0.1) is 11.3 Å². The van der Waals surface area contributed by atoms with Gasteiger partial charge in [-0.05, 0) is 12.1 Å². The number of aromatic nitrogens is 3. The Labute approximate surface area is 130 Å². The highest BCUT2D eigenvalue weighted by atomic mass is 32.2. The molecule has 0 aliphatic carbocycles. The first-order valence-electron chi connectivity index (χ1n) is 6.28. The van der Waals surface area contributed by atoms with Crippen LogP contribution < -0.4 is 5.32 Å². The molecule has 0 saturated carbocycles. The monoisotopic (exact) mass is 336 g/mol. The summed E-state index contributed by atoms with van der Waals surface area (Å²) in [6.07, 6.45) is 4.51. The molecule has 0 atom stereocenters. The smallest absolute Gasteiger partial charge is 0.241 e.